The largest absolute Gasteiger partial charge is 0.457 e. The molecule has 1 saturated heterocycles. The molecular weight excluding hydrogens is 1100 g/mol. The lowest BCUT2D eigenvalue weighted by Gasteiger charge is -2.50. The number of carbonyl (C=O) groups is 5. The average Bonchev–Trinajstić information content (AvgIpc) is 4.20. The van der Waals surface area contributed by atoms with Crippen LogP contribution in [0.1, 0.15) is 95.0 Å². The maximum absolute atomic E-state index is 15.6. The van der Waals surface area contributed by atoms with Crippen LogP contribution >= 0.6 is 46.6 Å². The number of anilines is 1. The number of hydrogen-bond donors (Lipinski definition) is 3. The first-order chi connectivity index (χ1) is 38.7. The van der Waals surface area contributed by atoms with Crippen LogP contribution in [-0.4, -0.2) is 99.4 Å². The van der Waals surface area contributed by atoms with E-state index in [1.807, 2.05) is 115 Å². The highest BCUT2D eigenvalue weighted by Gasteiger charge is 2.56. The normalized spacial score (nSPS) is 16.2. The molecule has 2 aliphatic rings. The van der Waals surface area contributed by atoms with Crippen LogP contribution in [0.4, 0.5) is 9.93 Å². The number of ether oxygens (including phenoxy) is 3. The van der Waals surface area contributed by atoms with Crippen LogP contribution in [0.3, 0.4) is 0 Å². The minimum atomic E-state index is -1.71. The number of β-lactam (4-membered cyclic amide) rings is 1. The molecule has 17 nitrogen and oxygen atoms in total. The van der Waals surface area contributed by atoms with Gasteiger partial charge in [-0.3, -0.25) is 19.8 Å². The molecule has 0 spiro atoms. The van der Waals surface area contributed by atoms with Gasteiger partial charge in [-0.15, -0.1) is 40.0 Å². The molecule has 418 valence electrons. The van der Waals surface area contributed by atoms with Crippen LogP contribution in [-0.2, 0) is 43.6 Å². The van der Waals surface area contributed by atoms with E-state index in [9.17, 15) is 14.4 Å². The Morgan fingerprint density at radius 2 is 1.26 bits per heavy atom. The molecule has 1 fully saturated rings. The zero-order chi connectivity index (χ0) is 57.5. The minimum absolute atomic E-state index is 0.0126. The number of benzene rings is 5. The Morgan fingerprint density at radius 3 is 1.77 bits per heavy atom. The molecule has 0 bridgehead atoms. The molecule has 3 N–H and O–H groups in total. The predicted molar refractivity (Wildman–Crippen MR) is 315 cm³/mol. The molecule has 0 radical (unpaired) electrons. The van der Waals surface area contributed by atoms with Gasteiger partial charge >= 0.3 is 18.0 Å². The van der Waals surface area contributed by atoms with Gasteiger partial charge in [0.05, 0.1) is 16.2 Å². The number of nitrogens with zero attached hydrogens (tertiary/aromatic N) is 5. The summed E-state index contributed by atoms with van der Waals surface area (Å²) in [6.07, 6.45) is -0.0100. The van der Waals surface area contributed by atoms with Gasteiger partial charge in [-0.1, -0.05) is 169 Å². The number of hydrogen-bond acceptors (Lipinski definition) is 17. The fourth-order valence-corrected chi connectivity index (χ4v) is 14.3. The van der Waals surface area contributed by atoms with E-state index in [-0.39, 0.29) is 22.3 Å². The number of thioether (sulfide) groups is 3. The zero-order valence-corrected chi connectivity index (χ0v) is 48.9. The Balaban J connectivity index is 1.13. The number of nitrogens with one attached hydrogen (secondary N) is 3. The van der Waals surface area contributed by atoms with Crippen molar-refractivity contribution in [1.82, 2.24) is 30.6 Å². The number of carbonyl (C=O) groups excluding carboxylic acids is 5. The highest BCUT2D eigenvalue weighted by Crippen LogP contribution is 2.56. The molecule has 0 aliphatic carbocycles. The van der Waals surface area contributed by atoms with Crippen LogP contribution in [0.5, 0.6) is 0 Å². The number of rotatable bonds is 19. The third-order valence-electron chi connectivity index (χ3n) is 12.6. The first kappa shape index (κ1) is 58.0. The summed E-state index contributed by atoms with van der Waals surface area (Å²) < 4.78 is 17.1. The first-order valence-corrected chi connectivity index (χ1v) is 29.5. The lowest BCUT2D eigenvalue weighted by Crippen LogP contribution is -2.71. The summed E-state index contributed by atoms with van der Waals surface area (Å²) in [6.45, 7) is 13.1. The van der Waals surface area contributed by atoms with Gasteiger partial charge in [0.25, 0.3) is 11.8 Å². The standard InChI is InChI=1S/C60H60N8O9S4/c1-57(2,3)75-53(72)59(7,8)77-66-45(42-35-79-55(62-42)64-56(73)76-58(4,5)6)49(69)63-46-50(70)68-47(52(71)74-48(37-24-14-9-15-25-37)38-26-16-10-17-27-38)43(36-78-51(46)68)80-54(81-44-34-61-67-65-44)60(39-28-18-11-19-29-39,40-30-20-12-21-31-40)41-32-22-13-23-33-41/h9-35,46,48,51,54H,36H2,1-8H3,(H,63,69)(H,61,65,67)(H,62,64,73)/t46?,51-,54?/m0/s1. The van der Waals surface area contributed by atoms with E-state index >= 15 is 9.59 Å². The Hall–Kier alpha value is -7.72. The van der Waals surface area contributed by atoms with Crippen LogP contribution in [0.25, 0.3) is 0 Å². The number of oxime groups is 1. The van der Waals surface area contributed by atoms with Crippen molar-refractivity contribution in [2.75, 3.05) is 11.1 Å². The second-order valence-electron chi connectivity index (χ2n) is 21.2. The lowest BCUT2D eigenvalue weighted by atomic mass is 9.70. The molecule has 2 unspecified atom stereocenters. The van der Waals surface area contributed by atoms with E-state index in [1.165, 1.54) is 59.4 Å². The van der Waals surface area contributed by atoms with Crippen LogP contribution in [0.2, 0.25) is 0 Å². The number of H-pyrrole nitrogens is 1. The summed E-state index contributed by atoms with van der Waals surface area (Å²) in [5.74, 6) is -2.83. The first-order valence-electron chi connectivity index (χ1n) is 25.8. The summed E-state index contributed by atoms with van der Waals surface area (Å²) in [7, 11) is 0. The minimum Gasteiger partial charge on any atom is -0.457 e. The van der Waals surface area contributed by atoms with Crippen molar-refractivity contribution in [1.29, 1.82) is 0 Å². The van der Waals surface area contributed by atoms with E-state index < -0.39 is 79.9 Å². The smallest absolute Gasteiger partial charge is 0.413 e. The van der Waals surface area contributed by atoms with Crippen molar-refractivity contribution < 1.29 is 43.0 Å². The van der Waals surface area contributed by atoms with Crippen molar-refractivity contribution in [3.63, 3.8) is 0 Å². The van der Waals surface area contributed by atoms with Crippen LogP contribution in [0, 0.1) is 0 Å². The molecule has 81 heavy (non-hydrogen) atoms. The molecule has 2 aliphatic heterocycles. The van der Waals surface area contributed by atoms with Gasteiger partial charge in [0.1, 0.15) is 39.0 Å². The van der Waals surface area contributed by atoms with Crippen LogP contribution < -0.4 is 10.6 Å². The van der Waals surface area contributed by atoms with Gasteiger partial charge in [0.15, 0.2) is 16.9 Å². The van der Waals surface area contributed by atoms with Gasteiger partial charge in [-0.25, -0.2) is 19.4 Å². The lowest BCUT2D eigenvalue weighted by molar-refractivity contribution is -0.179. The highest BCUT2D eigenvalue weighted by atomic mass is 32.2. The Morgan fingerprint density at radius 1 is 0.728 bits per heavy atom. The van der Waals surface area contributed by atoms with Gasteiger partial charge in [-0.2, -0.15) is 10.3 Å². The third-order valence-corrected chi connectivity index (χ3v) is 17.6. The number of aromatic amines is 1. The van der Waals surface area contributed by atoms with Crippen molar-refractivity contribution in [2.45, 2.75) is 105 Å². The maximum Gasteiger partial charge on any atom is 0.413 e. The maximum atomic E-state index is 15.6. The Kier molecular flexibility index (Phi) is 17.6. The molecule has 3 amide bonds. The van der Waals surface area contributed by atoms with Gasteiger partial charge in [0.2, 0.25) is 5.60 Å². The molecule has 9 rings (SSSR count). The SMILES string of the molecule is CC(C)(C)OC(=O)Nc1nc(C(=NOC(C)(C)C(=O)OC(C)(C)C)C(=O)NC2C(=O)N3C(C(=O)OC(c4ccccc4)c4ccccc4)=C(SC(Sc4cn[nH]n4)C(c4ccccc4)(c4ccccc4)c4ccccc4)CS[C@@H]23)cs1. The molecule has 3 atom stereocenters. The summed E-state index contributed by atoms with van der Waals surface area (Å²) in [5, 5.41) is 22.4. The number of esters is 2. The topological polar surface area (TPSA) is 216 Å². The molecule has 4 heterocycles. The third kappa shape index (κ3) is 13.4. The fraction of sp³-hybridized carbons (Fsp3) is 0.283. The quantitative estimate of drug-likeness (QED) is 0.0100. The van der Waals surface area contributed by atoms with E-state index in [2.05, 4.69) is 72.6 Å². The van der Waals surface area contributed by atoms with Crippen LogP contribution in [0.15, 0.2) is 184 Å². The van der Waals surface area contributed by atoms with E-state index in [4.69, 9.17) is 19.0 Å². The zero-order valence-electron chi connectivity index (χ0n) is 45.6. The number of thiazole rings is 1. The second kappa shape index (κ2) is 24.6. The Bertz CT molecular complexity index is 3270. The second-order valence-corrected chi connectivity index (χ2v) is 25.8. The van der Waals surface area contributed by atoms with Crippen molar-refractivity contribution in [2.24, 2.45) is 5.16 Å². The number of aromatic nitrogens is 4. The highest BCUT2D eigenvalue weighted by molar-refractivity contribution is 8.19. The summed E-state index contributed by atoms with van der Waals surface area (Å²) in [5.41, 5.74) is -0.494. The molecule has 7 aromatic rings. The Labute approximate surface area is 486 Å². The molecule has 21 heteroatoms. The predicted octanol–water partition coefficient (Wildman–Crippen LogP) is 11.3. The number of amides is 3. The van der Waals surface area contributed by atoms with Crippen molar-refractivity contribution in [3.8, 4) is 0 Å². The van der Waals surface area contributed by atoms with E-state index in [0.29, 0.717) is 21.1 Å². The summed E-state index contributed by atoms with van der Waals surface area (Å²) >= 11 is 5.23. The monoisotopic (exact) mass is 1160 g/mol. The molecule has 0 saturated carbocycles. The number of fused-ring (bicyclic) bond motifs is 1. The van der Waals surface area contributed by atoms with Crippen molar-refractivity contribution in [3.05, 3.63) is 207 Å². The van der Waals surface area contributed by atoms with Gasteiger partial charge < -0.3 is 24.4 Å². The molecular formula is C60H60N8O9S4. The summed E-state index contributed by atoms with van der Waals surface area (Å²) in [6, 6.07) is 48.0. The molecule has 2 aromatic heterocycles. The fourth-order valence-electron chi connectivity index (χ4n) is 8.96. The average molecular weight is 1170 g/mol. The molecule has 5 aromatic carbocycles. The van der Waals surface area contributed by atoms with Gasteiger partial charge in [0, 0.05) is 16.0 Å². The summed E-state index contributed by atoms with van der Waals surface area (Å²) in [4.78, 5) is 83.8. The van der Waals surface area contributed by atoms with Gasteiger partial charge in [-0.05, 0) is 83.2 Å². The van der Waals surface area contributed by atoms with E-state index in [0.717, 1.165) is 28.0 Å². The van der Waals surface area contributed by atoms with E-state index in [1.54, 1.807) is 47.7 Å². The van der Waals surface area contributed by atoms with Crippen molar-refractivity contribution >= 4 is 87.3 Å².